The predicted octanol–water partition coefficient (Wildman–Crippen LogP) is 3.56. The number of hydrogen-bond donors (Lipinski definition) is 2. The Balaban J connectivity index is 1.74. The number of imidazole rings is 1. The van der Waals surface area contributed by atoms with Gasteiger partial charge in [0.2, 0.25) is 5.95 Å². The normalized spacial score (nSPS) is 10.8. The molecule has 0 fully saturated rings. The lowest BCUT2D eigenvalue weighted by atomic mass is 10.2. The van der Waals surface area contributed by atoms with Crippen molar-refractivity contribution in [2.45, 2.75) is 6.92 Å². The fraction of sp³-hybridized carbons (Fsp3) is 0.111. The summed E-state index contributed by atoms with van der Waals surface area (Å²) in [5.41, 5.74) is 3.83. The summed E-state index contributed by atoms with van der Waals surface area (Å²) in [6.07, 6.45) is 5.10. The summed E-state index contributed by atoms with van der Waals surface area (Å²) in [5, 5.41) is 3.22. The number of aromatic amines is 1. The van der Waals surface area contributed by atoms with Gasteiger partial charge in [0.25, 0.3) is 0 Å². The van der Waals surface area contributed by atoms with Crippen molar-refractivity contribution in [2.24, 2.45) is 0 Å². The van der Waals surface area contributed by atoms with Gasteiger partial charge in [-0.25, -0.2) is 9.97 Å². The van der Waals surface area contributed by atoms with E-state index in [0.717, 1.165) is 22.7 Å². The summed E-state index contributed by atoms with van der Waals surface area (Å²) >= 11 is 0. The van der Waals surface area contributed by atoms with Gasteiger partial charge in [0, 0.05) is 29.7 Å². The summed E-state index contributed by atoms with van der Waals surface area (Å²) in [6, 6.07) is 11.5. The molecular formula is C18H16N6O. The smallest absolute Gasteiger partial charge is 0.229 e. The molecule has 0 saturated heterocycles. The number of nitrogens with one attached hydrogen (secondary N) is 2. The molecule has 7 nitrogen and oxygen atoms in total. The second kappa shape index (κ2) is 6.56. The van der Waals surface area contributed by atoms with E-state index in [0.29, 0.717) is 23.7 Å². The minimum Gasteiger partial charge on any atom is -0.494 e. The van der Waals surface area contributed by atoms with Crippen LogP contribution in [0.25, 0.3) is 22.4 Å². The number of nitrogens with zero attached hydrogens (tertiary/aromatic N) is 4. The fourth-order valence-electron chi connectivity index (χ4n) is 2.56. The van der Waals surface area contributed by atoms with E-state index in [1.807, 2.05) is 43.3 Å². The lowest BCUT2D eigenvalue weighted by molar-refractivity contribution is 0.340. The van der Waals surface area contributed by atoms with Crippen molar-refractivity contribution >= 4 is 22.8 Å². The minimum atomic E-state index is 0.476. The molecule has 0 aliphatic rings. The molecule has 0 atom stereocenters. The van der Waals surface area contributed by atoms with Crippen LogP contribution in [0.4, 0.5) is 11.6 Å². The molecule has 0 aliphatic carbocycles. The van der Waals surface area contributed by atoms with E-state index >= 15 is 0 Å². The van der Waals surface area contributed by atoms with Crippen molar-refractivity contribution in [1.29, 1.82) is 0 Å². The maximum atomic E-state index is 5.53. The van der Waals surface area contributed by atoms with Gasteiger partial charge in [0.15, 0.2) is 5.65 Å². The van der Waals surface area contributed by atoms with Crippen LogP contribution in [0.3, 0.4) is 0 Å². The van der Waals surface area contributed by atoms with E-state index in [2.05, 4.69) is 30.2 Å². The third-order valence-electron chi connectivity index (χ3n) is 3.62. The highest BCUT2D eigenvalue weighted by Crippen LogP contribution is 2.26. The van der Waals surface area contributed by atoms with E-state index in [9.17, 15) is 0 Å². The second-order valence-electron chi connectivity index (χ2n) is 5.32. The van der Waals surface area contributed by atoms with Crippen LogP contribution in [-0.4, -0.2) is 31.5 Å². The Hall–Kier alpha value is -3.48. The summed E-state index contributed by atoms with van der Waals surface area (Å²) in [6.45, 7) is 2.57. The summed E-state index contributed by atoms with van der Waals surface area (Å²) in [5.74, 6) is 1.27. The Morgan fingerprint density at radius 3 is 2.96 bits per heavy atom. The molecule has 7 heteroatoms. The van der Waals surface area contributed by atoms with Gasteiger partial charge in [-0.2, -0.15) is 4.98 Å². The quantitative estimate of drug-likeness (QED) is 0.581. The van der Waals surface area contributed by atoms with Crippen molar-refractivity contribution in [1.82, 2.24) is 24.9 Å². The van der Waals surface area contributed by atoms with Crippen LogP contribution in [0.15, 0.2) is 55.1 Å². The van der Waals surface area contributed by atoms with E-state index in [4.69, 9.17) is 4.74 Å². The molecule has 3 aromatic heterocycles. The number of rotatable bonds is 5. The van der Waals surface area contributed by atoms with Crippen molar-refractivity contribution in [3.63, 3.8) is 0 Å². The Labute approximate surface area is 144 Å². The van der Waals surface area contributed by atoms with Crippen LogP contribution < -0.4 is 10.1 Å². The van der Waals surface area contributed by atoms with Crippen LogP contribution in [0.1, 0.15) is 6.92 Å². The standard InChI is InChI=1S/C18H16N6O/c1-2-25-14-7-3-6-13(9-14)22-18-23-15(12-5-4-8-19-10-12)16-17(24-18)21-11-20-16/h3-11H,2H2,1H3,(H2,20,21,22,23,24). The average Bonchev–Trinajstić information content (AvgIpc) is 3.11. The molecule has 0 spiro atoms. The molecular weight excluding hydrogens is 316 g/mol. The van der Waals surface area contributed by atoms with Gasteiger partial charge in [-0.05, 0) is 31.2 Å². The number of hydrogen-bond acceptors (Lipinski definition) is 6. The number of pyridine rings is 1. The summed E-state index contributed by atoms with van der Waals surface area (Å²) in [4.78, 5) is 20.6. The molecule has 124 valence electrons. The largest absolute Gasteiger partial charge is 0.494 e. The highest BCUT2D eigenvalue weighted by atomic mass is 16.5. The molecule has 2 N–H and O–H groups in total. The average molecular weight is 332 g/mol. The first-order valence-corrected chi connectivity index (χ1v) is 7.95. The number of benzene rings is 1. The number of ether oxygens (including phenoxy) is 1. The highest BCUT2D eigenvalue weighted by Gasteiger charge is 2.12. The van der Waals surface area contributed by atoms with Gasteiger partial charge in [-0.15, -0.1) is 0 Å². The van der Waals surface area contributed by atoms with Crippen LogP contribution >= 0.6 is 0 Å². The lowest BCUT2D eigenvalue weighted by Gasteiger charge is -2.09. The number of anilines is 2. The first-order valence-electron chi connectivity index (χ1n) is 7.95. The SMILES string of the molecule is CCOc1cccc(Nc2nc(-c3cccnc3)c3nc[nH]c3n2)c1. The van der Waals surface area contributed by atoms with Gasteiger partial charge in [0.1, 0.15) is 17.0 Å². The predicted molar refractivity (Wildman–Crippen MR) is 95.8 cm³/mol. The third-order valence-corrected chi connectivity index (χ3v) is 3.62. The molecule has 0 radical (unpaired) electrons. The van der Waals surface area contributed by atoms with Crippen molar-refractivity contribution in [3.05, 3.63) is 55.1 Å². The Kier molecular flexibility index (Phi) is 3.96. The fourth-order valence-corrected chi connectivity index (χ4v) is 2.56. The first kappa shape index (κ1) is 15.1. The topological polar surface area (TPSA) is 88.6 Å². The molecule has 0 bridgehead atoms. The number of aromatic nitrogens is 5. The van der Waals surface area contributed by atoms with Crippen LogP contribution in [0.5, 0.6) is 5.75 Å². The van der Waals surface area contributed by atoms with Gasteiger partial charge in [-0.3, -0.25) is 4.98 Å². The Morgan fingerprint density at radius 2 is 2.12 bits per heavy atom. The van der Waals surface area contributed by atoms with E-state index in [1.165, 1.54) is 0 Å². The van der Waals surface area contributed by atoms with E-state index in [-0.39, 0.29) is 0 Å². The van der Waals surface area contributed by atoms with E-state index < -0.39 is 0 Å². The molecule has 4 aromatic rings. The molecule has 3 heterocycles. The molecule has 0 aliphatic heterocycles. The monoisotopic (exact) mass is 332 g/mol. The van der Waals surface area contributed by atoms with Gasteiger partial charge >= 0.3 is 0 Å². The van der Waals surface area contributed by atoms with Crippen molar-refractivity contribution < 1.29 is 4.74 Å². The lowest BCUT2D eigenvalue weighted by Crippen LogP contribution is -2.00. The van der Waals surface area contributed by atoms with Crippen LogP contribution in [0, 0.1) is 0 Å². The maximum absolute atomic E-state index is 5.53. The summed E-state index contributed by atoms with van der Waals surface area (Å²) < 4.78 is 5.53. The first-order chi connectivity index (χ1) is 12.3. The number of H-pyrrole nitrogens is 1. The van der Waals surface area contributed by atoms with Gasteiger partial charge in [0.05, 0.1) is 12.9 Å². The van der Waals surface area contributed by atoms with Crippen LogP contribution in [0.2, 0.25) is 0 Å². The highest BCUT2D eigenvalue weighted by molar-refractivity contribution is 5.88. The third kappa shape index (κ3) is 3.12. The zero-order valence-corrected chi connectivity index (χ0v) is 13.6. The zero-order valence-electron chi connectivity index (χ0n) is 13.6. The summed E-state index contributed by atoms with van der Waals surface area (Å²) in [7, 11) is 0. The second-order valence-corrected chi connectivity index (χ2v) is 5.32. The molecule has 0 unspecified atom stereocenters. The van der Waals surface area contributed by atoms with Crippen LogP contribution in [-0.2, 0) is 0 Å². The Bertz CT molecular complexity index is 999. The number of fused-ring (bicyclic) bond motifs is 1. The molecule has 0 saturated carbocycles. The minimum absolute atomic E-state index is 0.476. The molecule has 4 rings (SSSR count). The molecule has 25 heavy (non-hydrogen) atoms. The molecule has 0 amide bonds. The maximum Gasteiger partial charge on any atom is 0.229 e. The van der Waals surface area contributed by atoms with Gasteiger partial charge in [-0.1, -0.05) is 6.07 Å². The molecule has 1 aromatic carbocycles. The van der Waals surface area contributed by atoms with E-state index in [1.54, 1.807) is 18.7 Å². The zero-order chi connectivity index (χ0) is 17.1. The van der Waals surface area contributed by atoms with Crippen molar-refractivity contribution in [3.8, 4) is 17.0 Å². The Morgan fingerprint density at radius 1 is 1.16 bits per heavy atom. The van der Waals surface area contributed by atoms with Crippen molar-refractivity contribution in [2.75, 3.05) is 11.9 Å². The van der Waals surface area contributed by atoms with Gasteiger partial charge < -0.3 is 15.0 Å².